The average Bonchev–Trinajstić information content (AvgIpc) is 3.28. The van der Waals surface area contributed by atoms with Crippen molar-refractivity contribution in [1.82, 2.24) is 19.6 Å². The SMILES string of the molecule is COCCn1c(CN(C)[C@@H](C)c2ccon2)cnc1S(=O)(=O)CCC(C)C. The van der Waals surface area contributed by atoms with Crippen LogP contribution >= 0.6 is 0 Å². The van der Waals surface area contributed by atoms with Crippen molar-refractivity contribution in [3.63, 3.8) is 0 Å². The van der Waals surface area contributed by atoms with Gasteiger partial charge in [-0.1, -0.05) is 19.0 Å². The molecule has 0 aliphatic heterocycles. The molecule has 0 unspecified atom stereocenters. The standard InChI is InChI=1S/C18H30N4O4S/c1-14(2)7-11-27(23,24)18-19-12-16(22(18)8-10-25-5)13-21(4)15(3)17-6-9-26-20-17/h6,9,12,14-15H,7-8,10-11,13H2,1-5H3/t15-/m0/s1. The normalized spacial score (nSPS) is 13.6. The molecule has 0 saturated heterocycles. The highest BCUT2D eigenvalue weighted by atomic mass is 32.2. The van der Waals surface area contributed by atoms with E-state index in [4.69, 9.17) is 9.26 Å². The molecule has 0 radical (unpaired) electrons. The minimum atomic E-state index is -3.44. The maximum absolute atomic E-state index is 12.8. The number of imidazole rings is 1. The molecule has 9 heteroatoms. The molecule has 1 atom stereocenters. The summed E-state index contributed by atoms with van der Waals surface area (Å²) in [6.07, 6.45) is 3.80. The van der Waals surface area contributed by atoms with Crippen molar-refractivity contribution in [1.29, 1.82) is 0 Å². The number of methoxy groups -OCH3 is 1. The van der Waals surface area contributed by atoms with Crippen LogP contribution < -0.4 is 0 Å². The first-order valence-corrected chi connectivity index (χ1v) is 10.8. The molecule has 2 heterocycles. The molecule has 2 aromatic rings. The van der Waals surface area contributed by atoms with E-state index in [1.807, 2.05) is 33.9 Å². The van der Waals surface area contributed by atoms with Crippen molar-refractivity contribution < 1.29 is 17.7 Å². The van der Waals surface area contributed by atoms with Gasteiger partial charge in [-0.2, -0.15) is 0 Å². The molecule has 0 bridgehead atoms. The van der Waals surface area contributed by atoms with E-state index in [9.17, 15) is 8.42 Å². The summed E-state index contributed by atoms with van der Waals surface area (Å²) in [5, 5.41) is 4.10. The second-order valence-electron chi connectivity index (χ2n) is 7.19. The van der Waals surface area contributed by atoms with Crippen LogP contribution in [0.4, 0.5) is 0 Å². The molecule has 152 valence electrons. The number of rotatable bonds is 11. The Balaban J connectivity index is 2.24. The van der Waals surface area contributed by atoms with Gasteiger partial charge < -0.3 is 13.8 Å². The molecular formula is C18H30N4O4S. The third kappa shape index (κ3) is 5.63. The second-order valence-corrected chi connectivity index (χ2v) is 9.20. The molecule has 0 aliphatic carbocycles. The van der Waals surface area contributed by atoms with Gasteiger partial charge in [0.1, 0.15) is 12.0 Å². The minimum Gasteiger partial charge on any atom is -0.383 e. The van der Waals surface area contributed by atoms with E-state index in [0.29, 0.717) is 32.0 Å². The van der Waals surface area contributed by atoms with Crippen LogP contribution in [0, 0.1) is 5.92 Å². The van der Waals surface area contributed by atoms with Crippen LogP contribution in [0.15, 0.2) is 28.2 Å². The van der Waals surface area contributed by atoms with E-state index in [1.165, 1.54) is 0 Å². The van der Waals surface area contributed by atoms with Gasteiger partial charge in [0.25, 0.3) is 0 Å². The van der Waals surface area contributed by atoms with Crippen molar-refractivity contribution in [2.45, 2.75) is 51.5 Å². The first kappa shape index (κ1) is 21.6. The summed E-state index contributed by atoms with van der Waals surface area (Å²) in [5.41, 5.74) is 1.65. The number of ether oxygens (including phenoxy) is 1. The van der Waals surface area contributed by atoms with Gasteiger partial charge in [0.05, 0.1) is 30.3 Å². The molecule has 0 saturated carbocycles. The Morgan fingerprint density at radius 1 is 1.33 bits per heavy atom. The third-order valence-electron chi connectivity index (χ3n) is 4.62. The molecular weight excluding hydrogens is 368 g/mol. The largest absolute Gasteiger partial charge is 0.383 e. The molecule has 0 aliphatic rings. The van der Waals surface area contributed by atoms with Gasteiger partial charge in [-0.15, -0.1) is 0 Å². The summed E-state index contributed by atoms with van der Waals surface area (Å²) < 4.78 is 37.4. The molecule has 0 fully saturated rings. The molecule has 2 rings (SSSR count). The Morgan fingerprint density at radius 2 is 2.07 bits per heavy atom. The van der Waals surface area contributed by atoms with Crippen LogP contribution in [0.25, 0.3) is 0 Å². The average molecular weight is 399 g/mol. The van der Waals surface area contributed by atoms with Crippen LogP contribution in [0.1, 0.15) is 44.6 Å². The van der Waals surface area contributed by atoms with Gasteiger partial charge in [-0.05, 0) is 26.3 Å². The lowest BCUT2D eigenvalue weighted by Crippen LogP contribution is -2.25. The fraction of sp³-hybridized carbons (Fsp3) is 0.667. The second kappa shape index (κ2) is 9.48. The van der Waals surface area contributed by atoms with Crippen molar-refractivity contribution in [2.75, 3.05) is 26.5 Å². The Morgan fingerprint density at radius 3 is 2.67 bits per heavy atom. The topological polar surface area (TPSA) is 90.5 Å². The van der Waals surface area contributed by atoms with E-state index in [1.54, 1.807) is 24.1 Å². The predicted octanol–water partition coefficient (Wildman–Crippen LogP) is 2.53. The lowest BCUT2D eigenvalue weighted by atomic mass is 10.2. The van der Waals surface area contributed by atoms with E-state index < -0.39 is 9.84 Å². The van der Waals surface area contributed by atoms with Gasteiger partial charge in [-0.3, -0.25) is 4.90 Å². The minimum absolute atomic E-state index is 0.0236. The van der Waals surface area contributed by atoms with E-state index >= 15 is 0 Å². The van der Waals surface area contributed by atoms with Gasteiger partial charge >= 0.3 is 0 Å². The smallest absolute Gasteiger partial charge is 0.227 e. The predicted molar refractivity (Wildman–Crippen MR) is 102 cm³/mol. The van der Waals surface area contributed by atoms with Crippen molar-refractivity contribution >= 4 is 9.84 Å². The molecule has 2 aromatic heterocycles. The zero-order valence-corrected chi connectivity index (χ0v) is 17.6. The maximum Gasteiger partial charge on any atom is 0.227 e. The van der Waals surface area contributed by atoms with Crippen molar-refractivity contribution in [3.8, 4) is 0 Å². The molecule has 8 nitrogen and oxygen atoms in total. The fourth-order valence-corrected chi connectivity index (χ4v) is 4.45. The Kier molecular flexibility index (Phi) is 7.58. The summed E-state index contributed by atoms with van der Waals surface area (Å²) in [4.78, 5) is 6.32. The Labute approximate surface area is 161 Å². The van der Waals surface area contributed by atoms with Gasteiger partial charge in [0.15, 0.2) is 0 Å². The van der Waals surface area contributed by atoms with Crippen molar-refractivity contribution in [2.24, 2.45) is 5.92 Å². The number of nitrogens with zero attached hydrogens (tertiary/aromatic N) is 4. The molecule has 0 spiro atoms. The first-order valence-electron chi connectivity index (χ1n) is 9.13. The third-order valence-corrected chi connectivity index (χ3v) is 6.28. The zero-order valence-electron chi connectivity index (χ0n) is 16.8. The number of hydrogen-bond acceptors (Lipinski definition) is 7. The van der Waals surface area contributed by atoms with Crippen molar-refractivity contribution in [3.05, 3.63) is 29.9 Å². The van der Waals surface area contributed by atoms with E-state index in [-0.39, 0.29) is 17.0 Å². The van der Waals surface area contributed by atoms with Crippen LogP contribution in [0.2, 0.25) is 0 Å². The summed E-state index contributed by atoms with van der Waals surface area (Å²) >= 11 is 0. The summed E-state index contributed by atoms with van der Waals surface area (Å²) in [6, 6.07) is 1.85. The lowest BCUT2D eigenvalue weighted by Gasteiger charge is -2.23. The molecule has 0 amide bonds. The van der Waals surface area contributed by atoms with Gasteiger partial charge in [-0.25, -0.2) is 13.4 Å². The number of hydrogen-bond donors (Lipinski definition) is 0. The highest BCUT2D eigenvalue weighted by molar-refractivity contribution is 7.91. The monoisotopic (exact) mass is 398 g/mol. The number of sulfone groups is 1. The highest BCUT2D eigenvalue weighted by Gasteiger charge is 2.25. The van der Waals surface area contributed by atoms with E-state index in [0.717, 1.165) is 11.4 Å². The van der Waals surface area contributed by atoms with Crippen LogP contribution in [-0.4, -0.2) is 54.5 Å². The Hall–Kier alpha value is -1.71. The van der Waals surface area contributed by atoms with Gasteiger partial charge in [0.2, 0.25) is 15.0 Å². The van der Waals surface area contributed by atoms with Gasteiger partial charge in [0, 0.05) is 26.3 Å². The number of aromatic nitrogens is 3. The fourth-order valence-electron chi connectivity index (χ4n) is 2.73. The van der Waals surface area contributed by atoms with Crippen LogP contribution in [0.3, 0.4) is 0 Å². The quantitative estimate of drug-likeness (QED) is 0.574. The van der Waals surface area contributed by atoms with Crippen LogP contribution in [-0.2, 0) is 27.7 Å². The van der Waals surface area contributed by atoms with E-state index in [2.05, 4.69) is 15.0 Å². The highest BCUT2D eigenvalue weighted by Crippen LogP contribution is 2.21. The zero-order chi connectivity index (χ0) is 20.0. The summed E-state index contributed by atoms with van der Waals surface area (Å²) in [5.74, 6) is 0.412. The van der Waals surface area contributed by atoms with Crippen LogP contribution in [0.5, 0.6) is 0 Å². The lowest BCUT2D eigenvalue weighted by molar-refractivity contribution is 0.180. The molecule has 27 heavy (non-hydrogen) atoms. The summed E-state index contributed by atoms with van der Waals surface area (Å²) in [6.45, 7) is 7.43. The Bertz CT molecular complexity index is 799. The first-order chi connectivity index (χ1) is 12.8. The molecule has 0 aromatic carbocycles. The molecule has 0 N–H and O–H groups in total. The maximum atomic E-state index is 12.8. The summed E-state index contributed by atoms with van der Waals surface area (Å²) in [7, 11) is 0.113.